The first-order valence-electron chi connectivity index (χ1n) is 9.77. The van der Waals surface area contributed by atoms with Crippen LogP contribution in [0.3, 0.4) is 0 Å². The van der Waals surface area contributed by atoms with Crippen LogP contribution in [0.15, 0.2) is 41.5 Å². The molecule has 8 heteroatoms. The van der Waals surface area contributed by atoms with Crippen molar-refractivity contribution in [3.63, 3.8) is 0 Å². The first-order chi connectivity index (χ1) is 14.0. The van der Waals surface area contributed by atoms with Crippen LogP contribution in [0.25, 0.3) is 0 Å². The molecule has 1 heterocycles. The van der Waals surface area contributed by atoms with E-state index in [0.717, 1.165) is 43.3 Å². The number of piperazine rings is 1. The molecule has 0 amide bonds. The van der Waals surface area contributed by atoms with Crippen molar-refractivity contribution in [2.75, 3.05) is 32.4 Å². The Balaban J connectivity index is 0.000000575. The van der Waals surface area contributed by atoms with Gasteiger partial charge < -0.3 is 0 Å². The molecule has 6 nitrogen and oxygen atoms in total. The summed E-state index contributed by atoms with van der Waals surface area (Å²) in [6, 6.07) is 12.3. The Hall–Kier alpha value is -1.93. The van der Waals surface area contributed by atoms with Crippen LogP contribution in [0, 0.1) is 20.8 Å². The number of nitrogens with zero attached hydrogens (tertiary/aromatic N) is 3. The molecule has 2 aromatic rings. The van der Waals surface area contributed by atoms with Crippen LogP contribution in [0.5, 0.6) is 0 Å². The Morgan fingerprint density at radius 2 is 1.53 bits per heavy atom. The molecule has 0 bridgehead atoms. The minimum atomic E-state index is -3.67. The van der Waals surface area contributed by atoms with Gasteiger partial charge in [0.05, 0.1) is 12.5 Å². The van der Waals surface area contributed by atoms with Crippen molar-refractivity contribution < 1.29 is 13.0 Å². The summed E-state index contributed by atoms with van der Waals surface area (Å²) in [6.45, 7) is 11.7. The van der Waals surface area contributed by atoms with Gasteiger partial charge in [0.1, 0.15) is 0 Å². The lowest BCUT2D eigenvalue weighted by Crippen LogP contribution is -2.43. The maximum absolute atomic E-state index is 9.19. The van der Waals surface area contributed by atoms with Gasteiger partial charge in [-0.1, -0.05) is 41.4 Å². The molecule has 0 atom stereocenters. The van der Waals surface area contributed by atoms with E-state index in [0.29, 0.717) is 6.26 Å². The molecule has 3 rings (SSSR count). The second kappa shape index (κ2) is 10.9. The van der Waals surface area contributed by atoms with E-state index >= 15 is 0 Å². The third-order valence-corrected chi connectivity index (χ3v) is 5.06. The van der Waals surface area contributed by atoms with Gasteiger partial charge in [0.15, 0.2) is 0 Å². The molecule has 1 aliphatic rings. The third kappa shape index (κ3) is 8.83. The molecule has 0 aliphatic carbocycles. The Morgan fingerprint density at radius 1 is 1.03 bits per heavy atom. The highest BCUT2D eigenvalue weighted by molar-refractivity contribution is 7.85. The molecular formula is C22H30ClN3O3S. The van der Waals surface area contributed by atoms with Crippen LogP contribution in [0.4, 0.5) is 0 Å². The summed E-state index contributed by atoms with van der Waals surface area (Å²) in [5.74, 6) is 0. The number of hydrazone groups is 1. The minimum Gasteiger partial charge on any atom is -0.295 e. The van der Waals surface area contributed by atoms with Gasteiger partial charge >= 0.3 is 0 Å². The summed E-state index contributed by atoms with van der Waals surface area (Å²) in [7, 11) is -3.67. The minimum absolute atomic E-state index is 0.715. The van der Waals surface area contributed by atoms with Gasteiger partial charge in [0.25, 0.3) is 10.1 Å². The molecule has 0 radical (unpaired) electrons. The Labute approximate surface area is 184 Å². The quantitative estimate of drug-likeness (QED) is 0.563. The third-order valence-electron chi connectivity index (χ3n) is 4.81. The lowest BCUT2D eigenvalue weighted by molar-refractivity contribution is 0.131. The van der Waals surface area contributed by atoms with Gasteiger partial charge in [-0.05, 0) is 55.2 Å². The smallest absolute Gasteiger partial charge is 0.261 e. The van der Waals surface area contributed by atoms with Crippen LogP contribution in [-0.2, 0) is 16.7 Å². The molecule has 1 N–H and O–H groups in total. The fraction of sp³-hybridized carbons (Fsp3) is 0.409. The van der Waals surface area contributed by atoms with E-state index in [1.54, 1.807) is 0 Å². The highest BCUT2D eigenvalue weighted by Gasteiger charge is 2.17. The Kier molecular flexibility index (Phi) is 8.85. The van der Waals surface area contributed by atoms with Crippen molar-refractivity contribution >= 4 is 27.9 Å². The van der Waals surface area contributed by atoms with Crippen molar-refractivity contribution in [1.29, 1.82) is 0 Å². The number of benzene rings is 2. The van der Waals surface area contributed by atoms with Crippen molar-refractivity contribution in [3.05, 3.63) is 69.2 Å². The number of hydrogen-bond acceptors (Lipinski definition) is 5. The first kappa shape index (κ1) is 24.3. The van der Waals surface area contributed by atoms with E-state index in [9.17, 15) is 8.42 Å². The van der Waals surface area contributed by atoms with Crippen molar-refractivity contribution in [1.82, 2.24) is 9.91 Å². The summed E-state index contributed by atoms with van der Waals surface area (Å²) in [5, 5.41) is 7.52. The molecule has 0 spiro atoms. The Morgan fingerprint density at radius 3 is 2.03 bits per heavy atom. The van der Waals surface area contributed by atoms with Crippen molar-refractivity contribution in [2.24, 2.45) is 5.10 Å². The molecule has 164 valence electrons. The van der Waals surface area contributed by atoms with Crippen LogP contribution < -0.4 is 0 Å². The fourth-order valence-corrected chi connectivity index (χ4v) is 3.52. The zero-order valence-corrected chi connectivity index (χ0v) is 19.5. The van der Waals surface area contributed by atoms with Gasteiger partial charge in [0, 0.05) is 37.7 Å². The second-order valence-corrected chi connectivity index (χ2v) is 9.54. The predicted molar refractivity (Wildman–Crippen MR) is 124 cm³/mol. The molecule has 2 aromatic carbocycles. The van der Waals surface area contributed by atoms with E-state index in [1.165, 1.54) is 22.3 Å². The highest BCUT2D eigenvalue weighted by Crippen LogP contribution is 2.19. The average Bonchev–Trinajstić information content (AvgIpc) is 2.64. The average molecular weight is 452 g/mol. The number of halogens is 1. The normalized spacial score (nSPS) is 15.2. The van der Waals surface area contributed by atoms with Crippen LogP contribution >= 0.6 is 11.6 Å². The number of aryl methyl sites for hydroxylation is 3. The van der Waals surface area contributed by atoms with E-state index in [1.807, 2.05) is 30.5 Å². The lowest BCUT2D eigenvalue weighted by Gasteiger charge is -2.33. The summed E-state index contributed by atoms with van der Waals surface area (Å²) >= 11 is 5.91. The van der Waals surface area contributed by atoms with Gasteiger partial charge in [0.2, 0.25) is 0 Å². The zero-order chi connectivity index (χ0) is 22.3. The first-order valence-corrected chi connectivity index (χ1v) is 12.0. The molecule has 1 saturated heterocycles. The summed E-state index contributed by atoms with van der Waals surface area (Å²) in [4.78, 5) is 2.53. The van der Waals surface area contributed by atoms with Gasteiger partial charge in [-0.15, -0.1) is 0 Å². The standard InChI is InChI=1S/C21H26ClN3.CH4O3S/c1-16-12-17(2)21(18(3)13-16)15-24-8-10-25(11-9-24)23-14-19-4-6-20(22)7-5-19;1-5(2,3)4/h4-7,12-14H,8-11,15H2,1-3H3;1H3,(H,2,3,4)/b23-14+;. The van der Waals surface area contributed by atoms with Gasteiger partial charge in [-0.2, -0.15) is 13.5 Å². The molecule has 1 fully saturated rings. The summed E-state index contributed by atoms with van der Waals surface area (Å²) < 4.78 is 25.9. The second-order valence-electron chi connectivity index (χ2n) is 7.64. The monoisotopic (exact) mass is 451 g/mol. The molecule has 30 heavy (non-hydrogen) atoms. The molecular weight excluding hydrogens is 422 g/mol. The van der Waals surface area contributed by atoms with Crippen molar-refractivity contribution in [2.45, 2.75) is 27.3 Å². The maximum Gasteiger partial charge on any atom is 0.261 e. The van der Waals surface area contributed by atoms with Gasteiger partial charge in [-0.3, -0.25) is 14.5 Å². The maximum atomic E-state index is 9.19. The van der Waals surface area contributed by atoms with Crippen LogP contribution in [0.1, 0.15) is 27.8 Å². The lowest BCUT2D eigenvalue weighted by atomic mass is 9.99. The molecule has 0 unspecified atom stereocenters. The summed E-state index contributed by atoms with van der Waals surface area (Å²) in [6.07, 6.45) is 2.63. The van der Waals surface area contributed by atoms with Crippen LogP contribution in [-0.4, -0.2) is 61.5 Å². The SMILES string of the molecule is CS(=O)(=O)O.Cc1cc(C)c(CN2CCN(/N=C/c3ccc(Cl)cc3)CC2)c(C)c1. The van der Waals surface area contributed by atoms with E-state index in [4.69, 9.17) is 16.2 Å². The number of rotatable bonds is 4. The van der Waals surface area contributed by atoms with Crippen molar-refractivity contribution in [3.8, 4) is 0 Å². The van der Waals surface area contributed by atoms with Crippen LogP contribution in [0.2, 0.25) is 5.02 Å². The van der Waals surface area contributed by atoms with Gasteiger partial charge in [-0.25, -0.2) is 0 Å². The van der Waals surface area contributed by atoms with E-state index < -0.39 is 10.1 Å². The fourth-order valence-electron chi connectivity index (χ4n) is 3.39. The number of hydrogen-bond donors (Lipinski definition) is 1. The topological polar surface area (TPSA) is 73.2 Å². The zero-order valence-electron chi connectivity index (χ0n) is 18.0. The molecule has 1 aliphatic heterocycles. The molecule has 0 saturated carbocycles. The van der Waals surface area contributed by atoms with E-state index in [2.05, 4.69) is 47.9 Å². The summed E-state index contributed by atoms with van der Waals surface area (Å²) in [5.41, 5.74) is 6.71. The Bertz CT molecular complexity index is 937. The van der Waals surface area contributed by atoms with E-state index in [-0.39, 0.29) is 0 Å². The molecule has 0 aromatic heterocycles. The highest BCUT2D eigenvalue weighted by atomic mass is 35.5. The predicted octanol–water partition coefficient (Wildman–Crippen LogP) is 3.92. The largest absolute Gasteiger partial charge is 0.295 e.